The number of hydrogen-bond donors (Lipinski definition) is 2. The van der Waals surface area contributed by atoms with Crippen LogP contribution in [0.1, 0.15) is 43.4 Å². The zero-order valence-electron chi connectivity index (χ0n) is 15.9. The molecule has 0 aliphatic carbocycles. The molecule has 1 aromatic carbocycles. The van der Waals surface area contributed by atoms with Crippen molar-refractivity contribution in [3.63, 3.8) is 0 Å². The van der Waals surface area contributed by atoms with Crippen LogP contribution in [-0.4, -0.2) is 24.0 Å². The minimum Gasteiger partial charge on any atom is -0.356 e. The molecule has 0 saturated heterocycles. The number of anilines is 1. The maximum atomic E-state index is 11.3. The quantitative estimate of drug-likeness (QED) is 0.391. The van der Waals surface area contributed by atoms with Crippen molar-refractivity contribution in [1.29, 1.82) is 0 Å². The monoisotopic (exact) mass is 354 g/mol. The highest BCUT2D eigenvalue weighted by atomic mass is 16.2. The molecule has 26 heavy (non-hydrogen) atoms. The first-order valence-corrected chi connectivity index (χ1v) is 9.44. The lowest BCUT2D eigenvalue weighted by Crippen LogP contribution is -2.31. The van der Waals surface area contributed by atoms with E-state index in [1.165, 1.54) is 11.1 Å². The first-order chi connectivity index (χ1) is 12.7. The van der Waals surface area contributed by atoms with Gasteiger partial charge in [-0.15, -0.1) is 0 Å². The van der Waals surface area contributed by atoms with E-state index in [0.717, 1.165) is 50.2 Å². The van der Waals surface area contributed by atoms with E-state index in [2.05, 4.69) is 47.4 Å². The van der Waals surface area contributed by atoms with E-state index < -0.39 is 0 Å². The van der Waals surface area contributed by atoms with Crippen LogP contribution in [0.2, 0.25) is 0 Å². The largest absolute Gasteiger partial charge is 0.356 e. The number of amides is 1. The Hall–Kier alpha value is -2.40. The summed E-state index contributed by atoms with van der Waals surface area (Å²) in [5.74, 6) is 6.08. The molecule has 5 heteroatoms. The lowest BCUT2D eigenvalue weighted by atomic mass is 10.0. The van der Waals surface area contributed by atoms with Gasteiger partial charge in [-0.05, 0) is 48.4 Å². The fourth-order valence-corrected chi connectivity index (χ4v) is 3.11. The van der Waals surface area contributed by atoms with Crippen molar-refractivity contribution in [3.05, 3.63) is 59.3 Å². The van der Waals surface area contributed by atoms with E-state index in [-0.39, 0.29) is 5.91 Å². The van der Waals surface area contributed by atoms with Crippen LogP contribution in [0.25, 0.3) is 0 Å². The van der Waals surface area contributed by atoms with Gasteiger partial charge in [-0.1, -0.05) is 44.2 Å². The minimum atomic E-state index is -0.176. The number of hydrogen-bond acceptors (Lipinski definition) is 4. The standard InChI is InChI=1S/C21H30N4O/c1-3-14-25(15-4-2)21-19(6-5-13-23-21)12-11-17-7-9-18(10-8-17)16-20(26)24-22/h5-10,13H,3-4,11-12,14-16,22H2,1-2H3,(H,24,26). The number of carbonyl (C=O) groups excluding carboxylic acids is 1. The number of benzene rings is 1. The summed E-state index contributed by atoms with van der Waals surface area (Å²) in [4.78, 5) is 18.4. The normalized spacial score (nSPS) is 10.6. The average molecular weight is 354 g/mol. The molecule has 0 atom stereocenters. The van der Waals surface area contributed by atoms with Gasteiger partial charge in [0.05, 0.1) is 6.42 Å². The van der Waals surface area contributed by atoms with Crippen molar-refractivity contribution >= 4 is 11.7 Å². The molecule has 0 unspecified atom stereocenters. The number of nitrogens with two attached hydrogens (primary N) is 1. The van der Waals surface area contributed by atoms with Gasteiger partial charge in [-0.2, -0.15) is 0 Å². The Morgan fingerprint density at radius 1 is 1.04 bits per heavy atom. The van der Waals surface area contributed by atoms with Crippen LogP contribution in [0.5, 0.6) is 0 Å². The maximum Gasteiger partial charge on any atom is 0.238 e. The predicted octanol–water partition coefficient (Wildman–Crippen LogP) is 3.03. The van der Waals surface area contributed by atoms with Crippen molar-refractivity contribution in [1.82, 2.24) is 10.4 Å². The summed E-state index contributed by atoms with van der Waals surface area (Å²) in [7, 11) is 0. The van der Waals surface area contributed by atoms with E-state index >= 15 is 0 Å². The second-order valence-electron chi connectivity index (χ2n) is 6.53. The summed E-state index contributed by atoms with van der Waals surface area (Å²) in [6.07, 6.45) is 6.34. The molecule has 1 amide bonds. The fourth-order valence-electron chi connectivity index (χ4n) is 3.11. The molecule has 140 valence electrons. The molecule has 3 N–H and O–H groups in total. The molecule has 2 aromatic rings. The lowest BCUT2D eigenvalue weighted by Gasteiger charge is -2.25. The second-order valence-corrected chi connectivity index (χ2v) is 6.53. The number of nitrogens with zero attached hydrogens (tertiary/aromatic N) is 2. The third kappa shape index (κ3) is 5.85. The number of pyridine rings is 1. The minimum absolute atomic E-state index is 0.176. The fraction of sp³-hybridized carbons (Fsp3) is 0.429. The van der Waals surface area contributed by atoms with Crippen LogP contribution in [-0.2, 0) is 24.1 Å². The topological polar surface area (TPSA) is 71.2 Å². The zero-order valence-corrected chi connectivity index (χ0v) is 15.9. The molecule has 5 nitrogen and oxygen atoms in total. The van der Waals surface area contributed by atoms with Gasteiger partial charge < -0.3 is 4.90 Å². The van der Waals surface area contributed by atoms with Crippen molar-refractivity contribution in [2.24, 2.45) is 5.84 Å². The van der Waals surface area contributed by atoms with Gasteiger partial charge in [0, 0.05) is 19.3 Å². The Morgan fingerprint density at radius 3 is 2.31 bits per heavy atom. The van der Waals surface area contributed by atoms with E-state index in [0.29, 0.717) is 6.42 Å². The lowest BCUT2D eigenvalue weighted by molar-refractivity contribution is -0.120. The Balaban J connectivity index is 2.04. The van der Waals surface area contributed by atoms with Crippen molar-refractivity contribution in [2.45, 2.75) is 46.0 Å². The Morgan fingerprint density at radius 2 is 1.69 bits per heavy atom. The summed E-state index contributed by atoms with van der Waals surface area (Å²) < 4.78 is 0. The van der Waals surface area contributed by atoms with Crippen LogP contribution in [0.15, 0.2) is 42.6 Å². The molecule has 0 spiro atoms. The van der Waals surface area contributed by atoms with Gasteiger partial charge in [0.15, 0.2) is 0 Å². The SMILES string of the molecule is CCCN(CCC)c1ncccc1CCc1ccc(CC(=O)NN)cc1. The third-order valence-electron chi connectivity index (χ3n) is 4.39. The van der Waals surface area contributed by atoms with Gasteiger partial charge in [-0.25, -0.2) is 10.8 Å². The molecule has 1 aromatic heterocycles. The van der Waals surface area contributed by atoms with E-state index in [4.69, 9.17) is 5.84 Å². The maximum absolute atomic E-state index is 11.3. The van der Waals surface area contributed by atoms with Gasteiger partial charge in [0.25, 0.3) is 0 Å². The molecule has 2 rings (SSSR count). The highest BCUT2D eigenvalue weighted by Gasteiger charge is 2.11. The summed E-state index contributed by atoms with van der Waals surface area (Å²) in [6.45, 7) is 6.49. The van der Waals surface area contributed by atoms with Crippen molar-refractivity contribution < 1.29 is 4.79 Å². The van der Waals surface area contributed by atoms with Crippen LogP contribution in [0, 0.1) is 0 Å². The smallest absolute Gasteiger partial charge is 0.238 e. The van der Waals surface area contributed by atoms with Crippen LogP contribution >= 0.6 is 0 Å². The molecule has 0 radical (unpaired) electrons. The average Bonchev–Trinajstić information content (AvgIpc) is 2.67. The number of nitrogens with one attached hydrogen (secondary N) is 1. The first-order valence-electron chi connectivity index (χ1n) is 9.44. The number of aryl methyl sites for hydroxylation is 2. The molecule has 0 saturated carbocycles. The van der Waals surface area contributed by atoms with E-state index in [1.54, 1.807) is 0 Å². The first kappa shape index (κ1) is 19.9. The molecule has 0 bridgehead atoms. The molecule has 0 aliphatic rings. The molecule has 0 fully saturated rings. The Bertz CT molecular complexity index is 679. The van der Waals surface area contributed by atoms with Crippen LogP contribution < -0.4 is 16.2 Å². The van der Waals surface area contributed by atoms with Crippen molar-refractivity contribution in [2.75, 3.05) is 18.0 Å². The third-order valence-corrected chi connectivity index (χ3v) is 4.39. The summed E-state index contributed by atoms with van der Waals surface area (Å²) in [5, 5.41) is 0. The Labute approximate surface area is 156 Å². The second kappa shape index (κ2) is 10.6. The number of rotatable bonds is 10. The Kier molecular flexibility index (Phi) is 8.09. The summed E-state index contributed by atoms with van der Waals surface area (Å²) in [5.41, 5.74) is 5.68. The van der Waals surface area contributed by atoms with Gasteiger partial charge in [0.1, 0.15) is 5.82 Å². The van der Waals surface area contributed by atoms with E-state index in [9.17, 15) is 4.79 Å². The number of carbonyl (C=O) groups is 1. The molecule has 0 aliphatic heterocycles. The van der Waals surface area contributed by atoms with Gasteiger partial charge in [-0.3, -0.25) is 10.2 Å². The van der Waals surface area contributed by atoms with Gasteiger partial charge >= 0.3 is 0 Å². The van der Waals surface area contributed by atoms with E-state index in [1.807, 2.05) is 24.4 Å². The molecular weight excluding hydrogens is 324 g/mol. The molecule has 1 heterocycles. The van der Waals surface area contributed by atoms with Crippen molar-refractivity contribution in [3.8, 4) is 0 Å². The molecular formula is C21H30N4O. The zero-order chi connectivity index (χ0) is 18.8. The van der Waals surface area contributed by atoms with Crippen LogP contribution in [0.4, 0.5) is 5.82 Å². The number of hydrazine groups is 1. The summed E-state index contributed by atoms with van der Waals surface area (Å²) >= 11 is 0. The predicted molar refractivity (Wildman–Crippen MR) is 107 cm³/mol. The summed E-state index contributed by atoms with van der Waals surface area (Å²) in [6, 6.07) is 12.4. The van der Waals surface area contributed by atoms with Gasteiger partial charge in [0.2, 0.25) is 5.91 Å². The van der Waals surface area contributed by atoms with Crippen LogP contribution in [0.3, 0.4) is 0 Å². The number of aromatic nitrogens is 1. The highest BCUT2D eigenvalue weighted by molar-refractivity contribution is 5.77. The highest BCUT2D eigenvalue weighted by Crippen LogP contribution is 2.20.